The van der Waals surface area contributed by atoms with Crippen LogP contribution in [0.4, 0.5) is 5.69 Å². The van der Waals surface area contributed by atoms with Gasteiger partial charge in [0.1, 0.15) is 0 Å². The Kier molecular flexibility index (Phi) is 3.25. The molecule has 0 radical (unpaired) electrons. The third kappa shape index (κ3) is 1.95. The van der Waals surface area contributed by atoms with Crippen molar-refractivity contribution >= 4 is 11.5 Å². The van der Waals surface area contributed by atoms with Crippen LogP contribution in [0.1, 0.15) is 30.1 Å². The number of hydrogen-bond acceptors (Lipinski definition) is 3. The van der Waals surface area contributed by atoms with E-state index in [0.717, 1.165) is 30.6 Å². The third-order valence-electron chi connectivity index (χ3n) is 3.18. The minimum atomic E-state index is 0.0826. The Morgan fingerprint density at radius 3 is 2.94 bits per heavy atom. The molecule has 1 aromatic rings. The molecule has 0 saturated carbocycles. The topological polar surface area (TPSA) is 40.5 Å². The highest BCUT2D eigenvalue weighted by Crippen LogP contribution is 2.28. The van der Waals surface area contributed by atoms with Crippen molar-refractivity contribution in [3.05, 3.63) is 29.8 Å². The molecule has 16 heavy (non-hydrogen) atoms. The first kappa shape index (κ1) is 11.1. The van der Waals surface area contributed by atoms with E-state index in [4.69, 9.17) is 0 Å². The predicted molar refractivity (Wildman–Crippen MR) is 63.9 cm³/mol. The van der Waals surface area contributed by atoms with Crippen LogP contribution < -0.4 is 4.90 Å². The zero-order chi connectivity index (χ0) is 11.5. The largest absolute Gasteiger partial charge is 0.394 e. The standard InChI is InChI=1S/C13H17NO2/c1-10(16)12-6-2-3-7-13(12)14-8-4-5-11(14)9-15/h2-3,6-7,11,15H,4-5,8-9H2,1H3. The van der Waals surface area contributed by atoms with Gasteiger partial charge in [0, 0.05) is 17.8 Å². The lowest BCUT2D eigenvalue weighted by molar-refractivity contribution is 0.101. The number of rotatable bonds is 3. The molecule has 1 saturated heterocycles. The first-order chi connectivity index (χ1) is 7.74. The highest BCUT2D eigenvalue weighted by molar-refractivity contribution is 5.99. The molecular weight excluding hydrogens is 202 g/mol. The van der Waals surface area contributed by atoms with Crippen molar-refractivity contribution in [2.45, 2.75) is 25.8 Å². The lowest BCUT2D eigenvalue weighted by Gasteiger charge is -2.26. The molecular formula is C13H17NO2. The maximum atomic E-state index is 11.5. The zero-order valence-corrected chi connectivity index (χ0v) is 9.52. The van der Waals surface area contributed by atoms with Crippen molar-refractivity contribution in [1.82, 2.24) is 0 Å². The van der Waals surface area contributed by atoms with Crippen LogP contribution in [-0.2, 0) is 0 Å². The van der Waals surface area contributed by atoms with E-state index in [0.29, 0.717) is 0 Å². The number of para-hydroxylation sites is 1. The zero-order valence-electron chi connectivity index (χ0n) is 9.52. The number of aliphatic hydroxyl groups excluding tert-OH is 1. The summed E-state index contributed by atoms with van der Waals surface area (Å²) in [7, 11) is 0. The average molecular weight is 219 g/mol. The summed E-state index contributed by atoms with van der Waals surface area (Å²) in [6.45, 7) is 2.67. The minimum absolute atomic E-state index is 0.0826. The SMILES string of the molecule is CC(=O)c1ccccc1N1CCCC1CO. The Hall–Kier alpha value is -1.35. The predicted octanol–water partition coefficient (Wildman–Crippen LogP) is 1.85. The molecule has 0 amide bonds. The molecule has 1 N–H and O–H groups in total. The molecule has 1 aromatic carbocycles. The molecule has 3 heteroatoms. The van der Waals surface area contributed by atoms with Gasteiger partial charge in [0.25, 0.3) is 0 Å². The lowest BCUT2D eigenvalue weighted by Crippen LogP contribution is -2.33. The monoisotopic (exact) mass is 219 g/mol. The Morgan fingerprint density at radius 2 is 2.25 bits per heavy atom. The van der Waals surface area contributed by atoms with E-state index >= 15 is 0 Å². The molecule has 2 rings (SSSR count). The lowest BCUT2D eigenvalue weighted by atomic mass is 10.1. The van der Waals surface area contributed by atoms with Gasteiger partial charge < -0.3 is 10.0 Å². The van der Waals surface area contributed by atoms with E-state index in [1.54, 1.807) is 6.92 Å². The first-order valence-corrected chi connectivity index (χ1v) is 5.71. The second kappa shape index (κ2) is 4.66. The second-order valence-corrected chi connectivity index (χ2v) is 4.25. The Labute approximate surface area is 95.7 Å². The number of anilines is 1. The second-order valence-electron chi connectivity index (χ2n) is 4.25. The smallest absolute Gasteiger partial charge is 0.161 e. The number of nitrogens with zero attached hydrogens (tertiary/aromatic N) is 1. The number of carbonyl (C=O) groups excluding carboxylic acids is 1. The number of benzene rings is 1. The molecule has 3 nitrogen and oxygen atoms in total. The summed E-state index contributed by atoms with van der Waals surface area (Å²) in [6, 6.07) is 7.80. The third-order valence-corrected chi connectivity index (χ3v) is 3.18. The van der Waals surface area contributed by atoms with E-state index in [1.165, 1.54) is 0 Å². The van der Waals surface area contributed by atoms with E-state index in [1.807, 2.05) is 24.3 Å². The molecule has 1 unspecified atom stereocenters. The molecule has 1 atom stereocenters. The molecule has 1 heterocycles. The number of Topliss-reactive ketones (excluding diaryl/α,β-unsaturated/α-hetero) is 1. The van der Waals surface area contributed by atoms with Crippen LogP contribution in [0.3, 0.4) is 0 Å². The van der Waals surface area contributed by atoms with Gasteiger partial charge in [-0.1, -0.05) is 12.1 Å². The van der Waals surface area contributed by atoms with Crippen molar-refractivity contribution in [3.8, 4) is 0 Å². The van der Waals surface area contributed by atoms with Crippen LogP contribution >= 0.6 is 0 Å². The number of aliphatic hydroxyl groups is 1. The Bertz CT molecular complexity index is 389. The van der Waals surface area contributed by atoms with Crippen molar-refractivity contribution in [3.63, 3.8) is 0 Å². The highest BCUT2D eigenvalue weighted by Gasteiger charge is 2.26. The van der Waals surface area contributed by atoms with Crippen LogP contribution in [0, 0.1) is 0 Å². The summed E-state index contributed by atoms with van der Waals surface area (Å²) in [5, 5.41) is 9.30. The van der Waals surface area contributed by atoms with Gasteiger partial charge in [-0.25, -0.2) is 0 Å². The van der Waals surface area contributed by atoms with Crippen LogP contribution in [0.15, 0.2) is 24.3 Å². The minimum Gasteiger partial charge on any atom is -0.394 e. The average Bonchev–Trinajstić information content (AvgIpc) is 2.76. The Balaban J connectivity index is 2.35. The first-order valence-electron chi connectivity index (χ1n) is 5.71. The van der Waals surface area contributed by atoms with Crippen LogP contribution in [0.2, 0.25) is 0 Å². The van der Waals surface area contributed by atoms with Crippen molar-refractivity contribution in [2.75, 3.05) is 18.1 Å². The van der Waals surface area contributed by atoms with Gasteiger partial charge in [-0.3, -0.25) is 4.79 Å². The van der Waals surface area contributed by atoms with Crippen LogP contribution in [-0.4, -0.2) is 30.1 Å². The van der Waals surface area contributed by atoms with Gasteiger partial charge in [-0.15, -0.1) is 0 Å². The highest BCUT2D eigenvalue weighted by atomic mass is 16.3. The molecule has 1 fully saturated rings. The molecule has 1 aliphatic rings. The number of carbonyl (C=O) groups is 1. The van der Waals surface area contributed by atoms with E-state index in [-0.39, 0.29) is 18.4 Å². The van der Waals surface area contributed by atoms with Gasteiger partial charge in [-0.05, 0) is 31.9 Å². The van der Waals surface area contributed by atoms with Crippen molar-refractivity contribution in [2.24, 2.45) is 0 Å². The van der Waals surface area contributed by atoms with Crippen LogP contribution in [0.5, 0.6) is 0 Å². The summed E-state index contributed by atoms with van der Waals surface area (Å²) in [5.41, 5.74) is 1.72. The molecule has 0 aliphatic carbocycles. The summed E-state index contributed by atoms with van der Waals surface area (Å²) < 4.78 is 0. The van der Waals surface area contributed by atoms with Gasteiger partial charge in [0.2, 0.25) is 0 Å². The number of ketones is 1. The maximum Gasteiger partial charge on any atom is 0.161 e. The molecule has 1 aliphatic heterocycles. The van der Waals surface area contributed by atoms with Gasteiger partial charge in [0.05, 0.1) is 12.6 Å². The normalized spacial score (nSPS) is 20.1. The van der Waals surface area contributed by atoms with Gasteiger partial charge in [-0.2, -0.15) is 0 Å². The molecule has 0 bridgehead atoms. The fourth-order valence-corrected chi connectivity index (χ4v) is 2.36. The summed E-state index contributed by atoms with van der Waals surface area (Å²) in [6.07, 6.45) is 2.08. The van der Waals surface area contributed by atoms with Gasteiger partial charge >= 0.3 is 0 Å². The quantitative estimate of drug-likeness (QED) is 0.789. The van der Waals surface area contributed by atoms with Crippen molar-refractivity contribution in [1.29, 1.82) is 0 Å². The summed E-state index contributed by atoms with van der Waals surface area (Å²) in [5.74, 6) is 0.0826. The maximum absolute atomic E-state index is 11.5. The number of hydrogen-bond donors (Lipinski definition) is 1. The molecule has 0 aromatic heterocycles. The summed E-state index contributed by atoms with van der Waals surface area (Å²) >= 11 is 0. The van der Waals surface area contributed by atoms with Gasteiger partial charge in [0.15, 0.2) is 5.78 Å². The van der Waals surface area contributed by atoms with Crippen LogP contribution in [0.25, 0.3) is 0 Å². The Morgan fingerprint density at radius 1 is 1.50 bits per heavy atom. The summed E-state index contributed by atoms with van der Waals surface area (Å²) in [4.78, 5) is 13.7. The molecule has 0 spiro atoms. The molecule has 86 valence electrons. The van der Waals surface area contributed by atoms with Crippen molar-refractivity contribution < 1.29 is 9.90 Å². The van der Waals surface area contributed by atoms with E-state index < -0.39 is 0 Å². The fourth-order valence-electron chi connectivity index (χ4n) is 2.36. The van der Waals surface area contributed by atoms with E-state index in [2.05, 4.69) is 4.90 Å². The fraction of sp³-hybridized carbons (Fsp3) is 0.462. The van der Waals surface area contributed by atoms with E-state index in [9.17, 15) is 9.90 Å².